The van der Waals surface area contributed by atoms with Gasteiger partial charge in [-0.15, -0.1) is 0 Å². The molecular weight excluding hydrogens is 478 g/mol. The normalized spacial score (nSPS) is 25.2. The van der Waals surface area contributed by atoms with E-state index >= 15 is 0 Å². The number of carbonyl (C=O) groups excluding carboxylic acids is 1. The van der Waals surface area contributed by atoms with Crippen molar-refractivity contribution in [2.24, 2.45) is 11.3 Å². The molecule has 1 aromatic rings. The van der Waals surface area contributed by atoms with Gasteiger partial charge in [0.15, 0.2) is 0 Å². The number of hydrogen-bond acceptors (Lipinski definition) is 3. The van der Waals surface area contributed by atoms with Crippen LogP contribution in [0.1, 0.15) is 177 Å². The molecule has 218 valence electrons. The molecule has 3 heteroatoms. The first kappa shape index (κ1) is 31.7. The summed E-state index contributed by atoms with van der Waals surface area (Å²) in [5.41, 5.74) is 1.85. The fourth-order valence-electron chi connectivity index (χ4n) is 7.03. The molecular formula is C36H57NO2. The lowest BCUT2D eigenvalue weighted by molar-refractivity contribution is 0.0105. The van der Waals surface area contributed by atoms with E-state index in [1.54, 1.807) is 0 Å². The number of unbranched alkanes of at least 4 members (excludes halogenated alkanes) is 10. The Morgan fingerprint density at radius 1 is 0.795 bits per heavy atom. The van der Waals surface area contributed by atoms with Crippen LogP contribution >= 0.6 is 0 Å². The van der Waals surface area contributed by atoms with Crippen LogP contribution in [0, 0.1) is 22.7 Å². The Hall–Kier alpha value is -1.82. The molecule has 0 heterocycles. The summed E-state index contributed by atoms with van der Waals surface area (Å²) >= 11 is 0. The molecule has 3 rings (SSSR count). The number of ether oxygens (including phenoxy) is 1. The Balaban J connectivity index is 1.34. The second-order valence-electron chi connectivity index (χ2n) is 12.9. The quantitative estimate of drug-likeness (QED) is 0.147. The number of nitriles is 1. The summed E-state index contributed by atoms with van der Waals surface area (Å²) in [6.07, 6.45) is 27.0. The third kappa shape index (κ3) is 10.9. The molecule has 3 nitrogen and oxygen atoms in total. The van der Waals surface area contributed by atoms with Gasteiger partial charge in [0.05, 0.1) is 17.0 Å². The van der Waals surface area contributed by atoms with Gasteiger partial charge in [-0.1, -0.05) is 109 Å². The van der Waals surface area contributed by atoms with Crippen molar-refractivity contribution < 1.29 is 9.53 Å². The Morgan fingerprint density at radius 2 is 1.36 bits per heavy atom. The third-order valence-corrected chi connectivity index (χ3v) is 9.84. The lowest BCUT2D eigenvalue weighted by Gasteiger charge is -2.34. The van der Waals surface area contributed by atoms with Crippen LogP contribution in [0.3, 0.4) is 0 Å². The number of rotatable bonds is 17. The molecule has 0 aromatic heterocycles. The standard InChI is InChI=1S/C36H57NO2/c1-3-5-7-9-10-11-13-15-30-16-18-31(19-17-30)32-20-22-33(23-21-32)35(38)39-34-24-27-36(29-37,28-25-34)26-14-12-8-6-4-2/h20-23,30-31,34H,3-19,24-28H2,1-2H3. The molecule has 2 saturated carbocycles. The number of hydrogen-bond donors (Lipinski definition) is 0. The van der Waals surface area contributed by atoms with Gasteiger partial charge < -0.3 is 4.74 Å². The maximum Gasteiger partial charge on any atom is 0.338 e. The highest BCUT2D eigenvalue weighted by Crippen LogP contribution is 2.41. The van der Waals surface area contributed by atoms with Gasteiger partial charge in [-0.25, -0.2) is 4.79 Å². The molecule has 0 spiro atoms. The first-order chi connectivity index (χ1) is 19.1. The van der Waals surface area contributed by atoms with Crippen LogP contribution < -0.4 is 0 Å². The fourth-order valence-corrected chi connectivity index (χ4v) is 7.03. The molecule has 0 atom stereocenters. The van der Waals surface area contributed by atoms with Gasteiger partial charge in [0, 0.05) is 0 Å². The lowest BCUT2D eigenvalue weighted by Crippen LogP contribution is -2.31. The molecule has 0 aliphatic heterocycles. The van der Waals surface area contributed by atoms with Gasteiger partial charge in [-0.2, -0.15) is 5.26 Å². The maximum atomic E-state index is 12.9. The minimum Gasteiger partial charge on any atom is -0.459 e. The van der Waals surface area contributed by atoms with E-state index in [4.69, 9.17) is 4.74 Å². The van der Waals surface area contributed by atoms with Crippen molar-refractivity contribution in [2.45, 2.75) is 167 Å². The molecule has 2 fully saturated rings. The Labute approximate surface area is 240 Å². The van der Waals surface area contributed by atoms with Crippen molar-refractivity contribution in [3.8, 4) is 6.07 Å². The summed E-state index contributed by atoms with van der Waals surface area (Å²) in [5, 5.41) is 9.86. The predicted molar refractivity (Wildman–Crippen MR) is 163 cm³/mol. The number of nitrogens with zero attached hydrogens (tertiary/aromatic N) is 1. The average Bonchev–Trinajstić information content (AvgIpc) is 2.98. The van der Waals surface area contributed by atoms with E-state index in [0.29, 0.717) is 11.5 Å². The van der Waals surface area contributed by atoms with Crippen molar-refractivity contribution in [1.82, 2.24) is 0 Å². The van der Waals surface area contributed by atoms with Gasteiger partial charge >= 0.3 is 5.97 Å². The molecule has 0 saturated heterocycles. The van der Waals surface area contributed by atoms with Crippen molar-refractivity contribution >= 4 is 5.97 Å². The third-order valence-electron chi connectivity index (χ3n) is 9.84. The molecule has 2 aliphatic rings. The van der Waals surface area contributed by atoms with E-state index in [-0.39, 0.29) is 17.5 Å². The van der Waals surface area contributed by atoms with Crippen LogP contribution in [0.25, 0.3) is 0 Å². The van der Waals surface area contributed by atoms with Crippen molar-refractivity contribution in [1.29, 1.82) is 5.26 Å². The highest BCUT2D eigenvalue weighted by atomic mass is 16.5. The zero-order chi connectivity index (χ0) is 27.8. The summed E-state index contributed by atoms with van der Waals surface area (Å²) in [4.78, 5) is 12.9. The van der Waals surface area contributed by atoms with E-state index < -0.39 is 0 Å². The zero-order valence-corrected chi connectivity index (χ0v) is 25.4. The van der Waals surface area contributed by atoms with E-state index in [1.807, 2.05) is 12.1 Å². The topological polar surface area (TPSA) is 50.1 Å². The fraction of sp³-hybridized carbons (Fsp3) is 0.778. The highest BCUT2D eigenvalue weighted by Gasteiger charge is 2.36. The van der Waals surface area contributed by atoms with Crippen molar-refractivity contribution in [3.05, 3.63) is 35.4 Å². The van der Waals surface area contributed by atoms with Crippen LogP contribution in [0.15, 0.2) is 24.3 Å². The molecule has 39 heavy (non-hydrogen) atoms. The van der Waals surface area contributed by atoms with Crippen molar-refractivity contribution in [3.63, 3.8) is 0 Å². The van der Waals surface area contributed by atoms with Gasteiger partial charge in [0.2, 0.25) is 0 Å². The summed E-state index contributed by atoms with van der Waals surface area (Å²) < 4.78 is 5.90. The van der Waals surface area contributed by atoms with E-state index in [9.17, 15) is 10.1 Å². The minimum absolute atomic E-state index is 0.0506. The van der Waals surface area contributed by atoms with Crippen LogP contribution in [-0.2, 0) is 4.74 Å². The van der Waals surface area contributed by atoms with Gasteiger partial charge in [-0.3, -0.25) is 0 Å². The second kappa shape index (κ2) is 17.8. The Bertz CT molecular complexity index is 838. The van der Waals surface area contributed by atoms with E-state index in [1.165, 1.54) is 108 Å². The Morgan fingerprint density at radius 3 is 1.95 bits per heavy atom. The van der Waals surface area contributed by atoms with Gasteiger partial charge in [0.1, 0.15) is 6.10 Å². The van der Waals surface area contributed by atoms with Crippen LogP contribution in [0.5, 0.6) is 0 Å². The lowest BCUT2D eigenvalue weighted by atomic mass is 9.71. The van der Waals surface area contributed by atoms with Crippen LogP contribution in [0.4, 0.5) is 0 Å². The van der Waals surface area contributed by atoms with E-state index in [0.717, 1.165) is 44.4 Å². The SMILES string of the molecule is CCCCCCCCCC1CCC(c2ccc(C(=O)OC3CCC(C#N)(CCCCCCC)CC3)cc2)CC1. The van der Waals surface area contributed by atoms with E-state index in [2.05, 4.69) is 32.0 Å². The summed E-state index contributed by atoms with van der Waals surface area (Å²) in [6, 6.07) is 10.9. The van der Waals surface area contributed by atoms with Crippen LogP contribution in [0.2, 0.25) is 0 Å². The summed E-state index contributed by atoms with van der Waals surface area (Å²) in [7, 11) is 0. The van der Waals surface area contributed by atoms with Crippen LogP contribution in [-0.4, -0.2) is 12.1 Å². The number of carbonyl (C=O) groups is 1. The molecule has 0 N–H and O–H groups in total. The molecule has 0 unspecified atom stereocenters. The molecule has 0 radical (unpaired) electrons. The maximum absolute atomic E-state index is 12.9. The monoisotopic (exact) mass is 535 g/mol. The molecule has 0 bridgehead atoms. The highest BCUT2D eigenvalue weighted by molar-refractivity contribution is 5.89. The predicted octanol–water partition coefficient (Wildman–Crippen LogP) is 11.1. The molecule has 0 amide bonds. The molecule has 2 aliphatic carbocycles. The van der Waals surface area contributed by atoms with Gasteiger partial charge in [0.25, 0.3) is 0 Å². The molecule has 1 aromatic carbocycles. The van der Waals surface area contributed by atoms with Crippen molar-refractivity contribution in [2.75, 3.05) is 0 Å². The first-order valence-electron chi connectivity index (χ1n) is 16.8. The Kier molecular flexibility index (Phi) is 14.5. The smallest absolute Gasteiger partial charge is 0.338 e. The van der Waals surface area contributed by atoms with Gasteiger partial charge in [-0.05, 0) is 87.3 Å². The summed E-state index contributed by atoms with van der Waals surface area (Å²) in [6.45, 7) is 4.52. The largest absolute Gasteiger partial charge is 0.459 e. The average molecular weight is 536 g/mol. The number of esters is 1. The second-order valence-corrected chi connectivity index (χ2v) is 12.9. The number of benzene rings is 1. The zero-order valence-electron chi connectivity index (χ0n) is 25.4. The summed E-state index contributed by atoms with van der Waals surface area (Å²) in [5.74, 6) is 1.36. The minimum atomic E-state index is -0.204. The first-order valence-corrected chi connectivity index (χ1v) is 16.8.